The Labute approximate surface area is 122 Å². The molecule has 2 rings (SSSR count). The van der Waals surface area contributed by atoms with Gasteiger partial charge >= 0.3 is 5.97 Å². The molecule has 0 spiro atoms. The van der Waals surface area contributed by atoms with Gasteiger partial charge < -0.3 is 14.8 Å². The van der Waals surface area contributed by atoms with E-state index in [1.807, 2.05) is 37.3 Å². The largest absolute Gasteiger partial charge is 0.481 e. The molecule has 1 atom stereocenters. The minimum atomic E-state index is -0.828. The predicted octanol–water partition coefficient (Wildman–Crippen LogP) is 3.26. The van der Waals surface area contributed by atoms with Crippen LogP contribution in [-0.2, 0) is 9.59 Å². The van der Waals surface area contributed by atoms with Crippen molar-refractivity contribution in [2.24, 2.45) is 0 Å². The molecule has 0 bridgehead atoms. The van der Waals surface area contributed by atoms with Crippen LogP contribution < -0.4 is 5.32 Å². The molecule has 1 amide bonds. The summed E-state index contributed by atoms with van der Waals surface area (Å²) in [5.41, 5.74) is 0.801. The Morgan fingerprint density at radius 2 is 1.95 bits per heavy atom. The number of carboxylic acids is 1. The summed E-state index contributed by atoms with van der Waals surface area (Å²) in [6.45, 7) is 1.87. The Balaban J connectivity index is 1.84. The number of benzene rings is 1. The van der Waals surface area contributed by atoms with Gasteiger partial charge in [0.25, 0.3) is 0 Å². The molecule has 1 aromatic heterocycles. The van der Waals surface area contributed by atoms with Crippen LogP contribution in [0.25, 0.3) is 11.0 Å². The summed E-state index contributed by atoms with van der Waals surface area (Å²) in [7, 11) is 0. The van der Waals surface area contributed by atoms with Crippen LogP contribution in [0.4, 0.5) is 0 Å². The first-order chi connectivity index (χ1) is 10.1. The molecule has 21 heavy (non-hydrogen) atoms. The fourth-order valence-corrected chi connectivity index (χ4v) is 2.16. The van der Waals surface area contributed by atoms with Crippen molar-refractivity contribution in [3.63, 3.8) is 0 Å². The smallest absolute Gasteiger partial charge is 0.303 e. The number of para-hydroxylation sites is 1. The number of hydrogen-bond acceptors (Lipinski definition) is 3. The molecule has 0 unspecified atom stereocenters. The van der Waals surface area contributed by atoms with Crippen LogP contribution in [0, 0.1) is 0 Å². The number of nitrogens with one attached hydrogen (secondary N) is 1. The Hall–Kier alpha value is -2.30. The van der Waals surface area contributed by atoms with Gasteiger partial charge in [0.2, 0.25) is 5.91 Å². The first-order valence-electron chi connectivity index (χ1n) is 7.06. The van der Waals surface area contributed by atoms with E-state index in [0.29, 0.717) is 19.3 Å². The van der Waals surface area contributed by atoms with E-state index in [4.69, 9.17) is 9.52 Å². The fraction of sp³-hybridized carbons (Fsp3) is 0.375. The van der Waals surface area contributed by atoms with E-state index < -0.39 is 5.97 Å². The lowest BCUT2D eigenvalue weighted by atomic mass is 10.1. The standard InChI is InChI=1S/C16H19NO4/c1-11(17-15(18)8-4-5-9-16(19)20)14-10-12-6-2-3-7-13(12)21-14/h2-3,6-7,10-11H,4-5,8-9H2,1H3,(H,17,18)(H,19,20)/t11-/m0/s1. The monoisotopic (exact) mass is 289 g/mol. The van der Waals surface area contributed by atoms with Crippen molar-refractivity contribution in [2.45, 2.75) is 38.6 Å². The molecule has 0 radical (unpaired) electrons. The maximum atomic E-state index is 11.8. The Morgan fingerprint density at radius 1 is 1.24 bits per heavy atom. The summed E-state index contributed by atoms with van der Waals surface area (Å²) >= 11 is 0. The molecular formula is C16H19NO4. The van der Waals surface area contributed by atoms with Crippen molar-refractivity contribution in [2.75, 3.05) is 0 Å². The zero-order valence-electron chi connectivity index (χ0n) is 12.0. The van der Waals surface area contributed by atoms with Gasteiger partial charge in [0.05, 0.1) is 6.04 Å². The van der Waals surface area contributed by atoms with E-state index in [9.17, 15) is 9.59 Å². The van der Waals surface area contributed by atoms with Crippen molar-refractivity contribution in [1.29, 1.82) is 0 Å². The first-order valence-corrected chi connectivity index (χ1v) is 7.06. The SMILES string of the molecule is C[C@H](NC(=O)CCCCC(=O)O)c1cc2ccccc2o1. The molecule has 0 aliphatic carbocycles. The first kappa shape index (κ1) is 15.1. The third-order valence-electron chi connectivity index (χ3n) is 3.29. The highest BCUT2D eigenvalue weighted by atomic mass is 16.4. The van der Waals surface area contributed by atoms with Gasteiger partial charge in [-0.25, -0.2) is 0 Å². The van der Waals surface area contributed by atoms with Gasteiger partial charge in [0.1, 0.15) is 11.3 Å². The van der Waals surface area contributed by atoms with Crippen LogP contribution in [0.1, 0.15) is 44.4 Å². The summed E-state index contributed by atoms with van der Waals surface area (Å²) in [5, 5.41) is 12.4. The second kappa shape index (κ2) is 6.92. The second-order valence-corrected chi connectivity index (χ2v) is 5.08. The van der Waals surface area contributed by atoms with E-state index in [-0.39, 0.29) is 18.4 Å². The van der Waals surface area contributed by atoms with Gasteiger partial charge in [-0.15, -0.1) is 0 Å². The maximum Gasteiger partial charge on any atom is 0.303 e. The predicted molar refractivity (Wildman–Crippen MR) is 78.9 cm³/mol. The lowest BCUT2D eigenvalue weighted by Gasteiger charge is -2.11. The molecule has 2 aromatic rings. The number of carbonyl (C=O) groups excluding carboxylic acids is 1. The molecule has 5 heteroatoms. The summed E-state index contributed by atoms with van der Waals surface area (Å²) in [6.07, 6.45) is 1.52. The lowest BCUT2D eigenvalue weighted by Crippen LogP contribution is -2.26. The number of aliphatic carboxylic acids is 1. The number of amides is 1. The summed E-state index contributed by atoms with van der Waals surface area (Å²) in [6, 6.07) is 9.41. The minimum Gasteiger partial charge on any atom is -0.481 e. The molecule has 1 aromatic carbocycles. The van der Waals surface area contributed by atoms with Crippen LogP contribution >= 0.6 is 0 Å². The summed E-state index contributed by atoms with van der Waals surface area (Å²) in [5.74, 6) is -0.200. The quantitative estimate of drug-likeness (QED) is 0.767. The average Bonchev–Trinajstić information content (AvgIpc) is 2.87. The molecule has 0 saturated carbocycles. The Bertz CT molecular complexity index is 599. The highest BCUT2D eigenvalue weighted by Crippen LogP contribution is 2.23. The van der Waals surface area contributed by atoms with Crippen molar-refractivity contribution in [1.82, 2.24) is 5.32 Å². The zero-order valence-corrected chi connectivity index (χ0v) is 12.0. The minimum absolute atomic E-state index is 0.0895. The van der Waals surface area contributed by atoms with Gasteiger partial charge in [-0.1, -0.05) is 18.2 Å². The molecule has 112 valence electrons. The van der Waals surface area contributed by atoms with Gasteiger partial charge in [-0.2, -0.15) is 0 Å². The van der Waals surface area contributed by atoms with Gasteiger partial charge in [0, 0.05) is 18.2 Å². The fourth-order valence-electron chi connectivity index (χ4n) is 2.16. The van der Waals surface area contributed by atoms with Gasteiger partial charge in [0.15, 0.2) is 0 Å². The number of carbonyl (C=O) groups is 2. The lowest BCUT2D eigenvalue weighted by molar-refractivity contribution is -0.137. The van der Waals surface area contributed by atoms with Crippen molar-refractivity contribution in [3.05, 3.63) is 36.1 Å². The highest BCUT2D eigenvalue weighted by molar-refractivity contribution is 5.79. The molecule has 2 N–H and O–H groups in total. The molecule has 0 saturated heterocycles. The van der Waals surface area contributed by atoms with E-state index in [1.54, 1.807) is 0 Å². The van der Waals surface area contributed by atoms with Crippen molar-refractivity contribution >= 4 is 22.8 Å². The topological polar surface area (TPSA) is 79.5 Å². The van der Waals surface area contributed by atoms with Crippen molar-refractivity contribution in [3.8, 4) is 0 Å². The number of carboxylic acid groups (broad SMARTS) is 1. The molecule has 0 aliphatic heterocycles. The molecule has 1 heterocycles. The number of rotatable bonds is 7. The molecular weight excluding hydrogens is 270 g/mol. The number of furan rings is 1. The van der Waals surface area contributed by atoms with Crippen LogP contribution in [0.2, 0.25) is 0 Å². The number of unbranched alkanes of at least 4 members (excludes halogenated alkanes) is 1. The number of hydrogen-bond donors (Lipinski definition) is 2. The third kappa shape index (κ3) is 4.34. The van der Waals surface area contributed by atoms with E-state index in [0.717, 1.165) is 16.7 Å². The highest BCUT2D eigenvalue weighted by Gasteiger charge is 2.13. The van der Waals surface area contributed by atoms with Crippen LogP contribution in [0.5, 0.6) is 0 Å². The Morgan fingerprint density at radius 3 is 2.67 bits per heavy atom. The molecule has 5 nitrogen and oxygen atoms in total. The van der Waals surface area contributed by atoms with E-state index in [2.05, 4.69) is 5.32 Å². The van der Waals surface area contributed by atoms with Crippen LogP contribution in [-0.4, -0.2) is 17.0 Å². The molecule has 0 fully saturated rings. The van der Waals surface area contributed by atoms with Crippen LogP contribution in [0.15, 0.2) is 34.7 Å². The maximum absolute atomic E-state index is 11.8. The number of fused-ring (bicyclic) bond motifs is 1. The molecule has 0 aliphatic rings. The van der Waals surface area contributed by atoms with Gasteiger partial charge in [-0.05, 0) is 31.9 Å². The second-order valence-electron chi connectivity index (χ2n) is 5.08. The van der Waals surface area contributed by atoms with E-state index >= 15 is 0 Å². The normalized spacial score (nSPS) is 12.2. The van der Waals surface area contributed by atoms with E-state index in [1.165, 1.54) is 0 Å². The van der Waals surface area contributed by atoms with Crippen LogP contribution in [0.3, 0.4) is 0 Å². The zero-order chi connectivity index (χ0) is 15.2. The van der Waals surface area contributed by atoms with Gasteiger partial charge in [-0.3, -0.25) is 9.59 Å². The third-order valence-corrected chi connectivity index (χ3v) is 3.29. The summed E-state index contributed by atoms with van der Waals surface area (Å²) < 4.78 is 5.70. The van der Waals surface area contributed by atoms with Crippen molar-refractivity contribution < 1.29 is 19.1 Å². The average molecular weight is 289 g/mol. The summed E-state index contributed by atoms with van der Waals surface area (Å²) in [4.78, 5) is 22.2. The Kier molecular flexibility index (Phi) is 4.98.